The van der Waals surface area contributed by atoms with Crippen LogP contribution in [-0.4, -0.2) is 5.94 Å². The fraction of sp³-hybridized carbons (Fsp3) is 0.500. The van der Waals surface area contributed by atoms with Gasteiger partial charge < -0.3 is 10.5 Å². The maximum absolute atomic E-state index is 6.42. The van der Waals surface area contributed by atoms with Crippen molar-refractivity contribution in [2.45, 2.75) is 36.1 Å². The topological polar surface area (TPSA) is 35.2 Å². The second-order valence-electron chi connectivity index (χ2n) is 4.43. The van der Waals surface area contributed by atoms with E-state index in [2.05, 4.69) is 18.2 Å². The van der Waals surface area contributed by atoms with Gasteiger partial charge in [-0.1, -0.05) is 30.7 Å². The van der Waals surface area contributed by atoms with Gasteiger partial charge in [0.2, 0.25) is 0 Å². The summed E-state index contributed by atoms with van der Waals surface area (Å²) in [4.78, 5) is 1.25. The molecule has 1 aromatic carbocycles. The van der Waals surface area contributed by atoms with Gasteiger partial charge in [-0.25, -0.2) is 0 Å². The van der Waals surface area contributed by atoms with E-state index in [0.29, 0.717) is 0 Å². The van der Waals surface area contributed by atoms with Crippen LogP contribution < -0.4 is 10.5 Å². The highest BCUT2D eigenvalue weighted by atomic mass is 32.2. The molecule has 80 valence electrons. The molecule has 0 spiro atoms. The van der Waals surface area contributed by atoms with Gasteiger partial charge in [-0.15, -0.1) is 0 Å². The van der Waals surface area contributed by atoms with E-state index in [1.54, 1.807) is 11.8 Å². The van der Waals surface area contributed by atoms with Crippen LogP contribution in [0.4, 0.5) is 0 Å². The number of ether oxygens (including phenoxy) is 1. The summed E-state index contributed by atoms with van der Waals surface area (Å²) < 4.78 is 5.47. The maximum Gasteiger partial charge on any atom is 0.138 e. The molecule has 2 N–H and O–H groups in total. The Bertz CT molecular complexity index is 385. The van der Waals surface area contributed by atoms with Gasteiger partial charge in [0.15, 0.2) is 0 Å². The van der Waals surface area contributed by atoms with Crippen LogP contribution in [0.25, 0.3) is 0 Å². The van der Waals surface area contributed by atoms with Crippen molar-refractivity contribution in [1.82, 2.24) is 0 Å². The van der Waals surface area contributed by atoms with Crippen molar-refractivity contribution in [3.63, 3.8) is 0 Å². The Hall–Kier alpha value is -0.670. The first-order valence-electron chi connectivity index (χ1n) is 5.47. The number of fused-ring (bicyclic) bond motifs is 1. The number of benzene rings is 1. The molecule has 0 radical (unpaired) electrons. The molecule has 1 saturated carbocycles. The van der Waals surface area contributed by atoms with E-state index in [1.165, 1.54) is 23.3 Å². The van der Waals surface area contributed by atoms with Crippen molar-refractivity contribution in [1.29, 1.82) is 0 Å². The molecule has 15 heavy (non-hydrogen) atoms. The van der Waals surface area contributed by atoms with Gasteiger partial charge in [0.05, 0.1) is 4.90 Å². The summed E-state index contributed by atoms with van der Waals surface area (Å²) >= 11 is 1.76. The highest BCUT2D eigenvalue weighted by Crippen LogP contribution is 2.42. The molecule has 0 atom stereocenters. The van der Waals surface area contributed by atoms with Crippen molar-refractivity contribution in [3.05, 3.63) is 23.8 Å². The zero-order valence-corrected chi connectivity index (χ0v) is 9.48. The van der Waals surface area contributed by atoms with Crippen molar-refractivity contribution >= 4 is 11.8 Å². The van der Waals surface area contributed by atoms with Crippen molar-refractivity contribution in [2.75, 3.05) is 5.94 Å². The van der Waals surface area contributed by atoms with Gasteiger partial charge in [-0.2, -0.15) is 0 Å². The van der Waals surface area contributed by atoms with Crippen LogP contribution in [0.5, 0.6) is 5.75 Å². The summed E-state index contributed by atoms with van der Waals surface area (Å²) in [6.45, 7) is 0. The quantitative estimate of drug-likeness (QED) is 0.792. The van der Waals surface area contributed by atoms with Crippen LogP contribution >= 0.6 is 11.8 Å². The summed E-state index contributed by atoms with van der Waals surface area (Å²) in [7, 11) is 0. The lowest BCUT2D eigenvalue weighted by molar-refractivity contribution is 0.396. The number of nitrogens with two attached hydrogens (primary N) is 1. The van der Waals surface area contributed by atoms with Crippen LogP contribution in [0.15, 0.2) is 23.1 Å². The minimum absolute atomic E-state index is 0.0713. The summed E-state index contributed by atoms with van der Waals surface area (Å²) in [6.07, 6.45) is 4.77. The van der Waals surface area contributed by atoms with Crippen molar-refractivity contribution < 1.29 is 4.74 Å². The molecule has 0 amide bonds. The van der Waals surface area contributed by atoms with E-state index < -0.39 is 0 Å². The predicted octanol–water partition coefficient (Wildman–Crippen LogP) is 2.86. The molecule has 2 nitrogen and oxygen atoms in total. The van der Waals surface area contributed by atoms with E-state index in [4.69, 9.17) is 10.5 Å². The summed E-state index contributed by atoms with van der Waals surface area (Å²) in [6, 6.07) is 6.42. The first kappa shape index (κ1) is 9.55. The Morgan fingerprint density at radius 3 is 2.87 bits per heavy atom. The Kier molecular flexibility index (Phi) is 2.18. The third kappa shape index (κ3) is 1.54. The standard InChI is InChI=1S/C12H15NOS/c13-12(5-1-2-6-12)9-3-4-10-11(7-9)15-8-14-10/h3-4,7H,1-2,5-6,8,13H2. The lowest BCUT2D eigenvalue weighted by Crippen LogP contribution is -2.32. The molecule has 0 aromatic heterocycles. The molecule has 3 heteroatoms. The molecule has 1 heterocycles. The Labute approximate surface area is 94.2 Å². The van der Waals surface area contributed by atoms with Gasteiger partial charge in [0.25, 0.3) is 0 Å². The van der Waals surface area contributed by atoms with E-state index in [0.717, 1.165) is 24.5 Å². The molecule has 1 aliphatic heterocycles. The molecule has 1 aliphatic carbocycles. The SMILES string of the molecule is NC1(c2ccc3c(c2)SCO3)CCCC1. The smallest absolute Gasteiger partial charge is 0.138 e. The van der Waals surface area contributed by atoms with Crippen molar-refractivity contribution in [2.24, 2.45) is 5.73 Å². The fourth-order valence-electron chi connectivity index (χ4n) is 2.50. The molecular formula is C12H15NOS. The number of hydrogen-bond acceptors (Lipinski definition) is 3. The lowest BCUT2D eigenvalue weighted by atomic mass is 9.89. The second-order valence-corrected chi connectivity index (χ2v) is 5.40. The first-order valence-corrected chi connectivity index (χ1v) is 6.46. The first-order chi connectivity index (χ1) is 7.28. The molecular weight excluding hydrogens is 206 g/mol. The van der Waals surface area contributed by atoms with Gasteiger partial charge in [0, 0.05) is 5.54 Å². The average molecular weight is 221 g/mol. The minimum Gasteiger partial charge on any atom is -0.481 e. The third-order valence-electron chi connectivity index (χ3n) is 3.44. The Morgan fingerprint density at radius 2 is 2.07 bits per heavy atom. The fourth-order valence-corrected chi connectivity index (χ4v) is 3.29. The molecule has 0 bridgehead atoms. The van der Waals surface area contributed by atoms with Gasteiger partial charge in [-0.05, 0) is 30.5 Å². The number of thioether (sulfide) groups is 1. The number of rotatable bonds is 1. The second kappa shape index (κ2) is 3.42. The Morgan fingerprint density at radius 1 is 1.27 bits per heavy atom. The molecule has 1 aromatic rings. The highest BCUT2D eigenvalue weighted by Gasteiger charge is 2.32. The molecule has 0 saturated heterocycles. The van der Waals surface area contributed by atoms with E-state index >= 15 is 0 Å². The normalized spacial score (nSPS) is 22.5. The molecule has 2 aliphatic rings. The monoisotopic (exact) mass is 221 g/mol. The predicted molar refractivity (Wildman–Crippen MR) is 62.1 cm³/mol. The molecule has 1 fully saturated rings. The maximum atomic E-state index is 6.42. The summed E-state index contributed by atoms with van der Waals surface area (Å²) in [5, 5.41) is 0. The third-order valence-corrected chi connectivity index (χ3v) is 4.31. The van der Waals surface area contributed by atoms with Gasteiger partial charge >= 0.3 is 0 Å². The van der Waals surface area contributed by atoms with Crippen LogP contribution in [0.1, 0.15) is 31.2 Å². The van der Waals surface area contributed by atoms with Crippen LogP contribution in [0.2, 0.25) is 0 Å². The van der Waals surface area contributed by atoms with Gasteiger partial charge in [0.1, 0.15) is 11.7 Å². The van der Waals surface area contributed by atoms with E-state index in [9.17, 15) is 0 Å². The van der Waals surface area contributed by atoms with Crippen LogP contribution in [0.3, 0.4) is 0 Å². The van der Waals surface area contributed by atoms with Gasteiger partial charge in [-0.3, -0.25) is 0 Å². The van der Waals surface area contributed by atoms with E-state index in [-0.39, 0.29) is 5.54 Å². The van der Waals surface area contributed by atoms with E-state index in [1.807, 2.05) is 0 Å². The average Bonchev–Trinajstić information content (AvgIpc) is 2.85. The van der Waals surface area contributed by atoms with Crippen LogP contribution in [-0.2, 0) is 5.54 Å². The van der Waals surface area contributed by atoms with Crippen molar-refractivity contribution in [3.8, 4) is 5.75 Å². The number of hydrogen-bond donors (Lipinski definition) is 1. The molecule has 3 rings (SSSR count). The summed E-state index contributed by atoms with van der Waals surface area (Å²) in [5.41, 5.74) is 7.64. The minimum atomic E-state index is -0.0713. The molecule has 0 unspecified atom stereocenters. The largest absolute Gasteiger partial charge is 0.481 e. The highest BCUT2D eigenvalue weighted by molar-refractivity contribution is 7.99. The zero-order valence-electron chi connectivity index (χ0n) is 8.66. The summed E-state index contributed by atoms with van der Waals surface area (Å²) in [5.74, 6) is 1.77. The van der Waals surface area contributed by atoms with Crippen LogP contribution in [0, 0.1) is 0 Å². The zero-order chi connectivity index (χ0) is 10.3. The lowest BCUT2D eigenvalue weighted by Gasteiger charge is -2.24. The Balaban J connectivity index is 1.98.